The molecule has 3 aromatic carbocycles. The van der Waals surface area contributed by atoms with Gasteiger partial charge in [-0.25, -0.2) is 13.6 Å². The third-order valence-electron chi connectivity index (χ3n) is 5.77. The Balaban J connectivity index is 1.31. The van der Waals surface area contributed by atoms with E-state index in [0.29, 0.717) is 40.7 Å². The minimum absolute atomic E-state index is 0.0375. The van der Waals surface area contributed by atoms with Crippen molar-refractivity contribution < 1.29 is 31.5 Å². The Morgan fingerprint density at radius 3 is 2.33 bits per heavy atom. The fourth-order valence-corrected chi connectivity index (χ4v) is 3.94. The summed E-state index contributed by atoms with van der Waals surface area (Å²) in [5.74, 6) is -2.02. The first-order valence-electron chi connectivity index (χ1n) is 11.4. The molecule has 0 bridgehead atoms. The number of anilines is 5. The van der Waals surface area contributed by atoms with Gasteiger partial charge in [-0.15, -0.1) is 0 Å². The van der Waals surface area contributed by atoms with Crippen LogP contribution in [0.2, 0.25) is 0 Å². The van der Waals surface area contributed by atoms with Crippen molar-refractivity contribution >= 4 is 52.0 Å². The van der Waals surface area contributed by atoms with Crippen LogP contribution in [0, 0.1) is 11.6 Å². The van der Waals surface area contributed by atoms with E-state index in [4.69, 9.17) is 0 Å². The molecule has 4 aromatic rings. The molecule has 198 valence electrons. The number of carbonyl (C=O) groups is 2. The largest absolute Gasteiger partial charge is 0.416 e. The molecule has 1 aliphatic heterocycles. The Kier molecular flexibility index (Phi) is 6.52. The molecule has 5 N–H and O–H groups in total. The summed E-state index contributed by atoms with van der Waals surface area (Å²) in [5, 5.41) is 9.97. The fraction of sp³-hybridized carbons (Fsp3) is 0.0370. The van der Waals surface area contributed by atoms with Crippen molar-refractivity contribution in [1.82, 2.24) is 4.98 Å². The van der Waals surface area contributed by atoms with Gasteiger partial charge in [-0.05, 0) is 66.7 Å². The molecule has 0 saturated carbocycles. The minimum Gasteiger partial charge on any atom is -0.362 e. The molecule has 39 heavy (non-hydrogen) atoms. The van der Waals surface area contributed by atoms with Crippen molar-refractivity contribution in [2.24, 2.45) is 0 Å². The minimum atomic E-state index is -4.72. The van der Waals surface area contributed by atoms with Gasteiger partial charge in [0.05, 0.1) is 28.2 Å². The van der Waals surface area contributed by atoms with E-state index in [-0.39, 0.29) is 17.3 Å². The first-order chi connectivity index (χ1) is 18.6. The number of alkyl halides is 3. The summed E-state index contributed by atoms with van der Waals surface area (Å²) in [6.07, 6.45) is -1.28. The zero-order chi connectivity index (χ0) is 27.7. The van der Waals surface area contributed by atoms with Gasteiger partial charge in [-0.2, -0.15) is 13.2 Å². The molecular weight excluding hydrogens is 521 g/mol. The van der Waals surface area contributed by atoms with Crippen molar-refractivity contribution in [2.75, 3.05) is 21.3 Å². The quantitative estimate of drug-likeness (QED) is 0.137. The molecule has 3 amide bonds. The van der Waals surface area contributed by atoms with Crippen molar-refractivity contribution in [1.29, 1.82) is 0 Å². The molecule has 7 nitrogen and oxygen atoms in total. The lowest BCUT2D eigenvalue weighted by Gasteiger charge is -2.13. The maximum Gasteiger partial charge on any atom is 0.416 e. The Morgan fingerprint density at radius 1 is 0.846 bits per heavy atom. The van der Waals surface area contributed by atoms with Crippen LogP contribution < -0.4 is 21.3 Å². The van der Waals surface area contributed by atoms with Crippen molar-refractivity contribution in [3.8, 4) is 0 Å². The van der Waals surface area contributed by atoms with Crippen molar-refractivity contribution in [3.63, 3.8) is 0 Å². The number of nitrogens with one attached hydrogen (secondary N) is 5. The highest BCUT2D eigenvalue weighted by Gasteiger charge is 2.31. The Hall–Kier alpha value is -5.13. The predicted octanol–water partition coefficient (Wildman–Crippen LogP) is 7.19. The van der Waals surface area contributed by atoms with Crippen LogP contribution in [0.1, 0.15) is 16.8 Å². The molecule has 0 spiro atoms. The third-order valence-corrected chi connectivity index (χ3v) is 5.77. The van der Waals surface area contributed by atoms with E-state index in [9.17, 15) is 31.5 Å². The molecule has 5 rings (SSSR count). The van der Waals surface area contributed by atoms with Gasteiger partial charge in [-0.1, -0.05) is 6.07 Å². The Bertz CT molecular complexity index is 1610. The highest BCUT2D eigenvalue weighted by molar-refractivity contribution is 6.35. The molecule has 0 fully saturated rings. The first-order valence-corrected chi connectivity index (χ1v) is 11.4. The smallest absolute Gasteiger partial charge is 0.362 e. The van der Waals surface area contributed by atoms with Crippen molar-refractivity contribution in [3.05, 3.63) is 101 Å². The van der Waals surface area contributed by atoms with Crippen LogP contribution in [0.3, 0.4) is 0 Å². The van der Waals surface area contributed by atoms with Crippen LogP contribution >= 0.6 is 0 Å². The monoisotopic (exact) mass is 539 g/mol. The number of carbonyl (C=O) groups excluding carboxylic acids is 2. The lowest BCUT2D eigenvalue weighted by Crippen LogP contribution is -2.20. The highest BCUT2D eigenvalue weighted by atomic mass is 19.4. The Morgan fingerprint density at radius 2 is 1.59 bits per heavy atom. The second-order valence-electron chi connectivity index (χ2n) is 8.49. The van der Waals surface area contributed by atoms with E-state index in [1.807, 2.05) is 11.4 Å². The average Bonchev–Trinajstić information content (AvgIpc) is 3.49. The zero-order valence-corrected chi connectivity index (χ0v) is 19.7. The standard InChI is InChI=1S/C27H18F5N5O2/c28-20-7-3-14(27(30,31)32)10-23(20)37-26(39)35-17-5-8-21(29)24(13-17)34-16-4-6-18-19(11-15-2-1-9-33-15)25(38)36-22(18)12-16/h1-13,33-34H,(H,36,38)(H2,35,37,39). The molecule has 1 aromatic heterocycles. The summed E-state index contributed by atoms with van der Waals surface area (Å²) >= 11 is 0. The van der Waals surface area contributed by atoms with E-state index < -0.39 is 35.1 Å². The van der Waals surface area contributed by atoms with Gasteiger partial charge >= 0.3 is 12.2 Å². The van der Waals surface area contributed by atoms with Crippen LogP contribution in [0.15, 0.2) is 72.9 Å². The van der Waals surface area contributed by atoms with Crippen molar-refractivity contribution in [2.45, 2.75) is 6.18 Å². The molecule has 0 unspecified atom stereocenters. The molecule has 0 radical (unpaired) electrons. The third kappa shape index (κ3) is 5.59. The van der Waals surface area contributed by atoms with E-state index in [2.05, 4.69) is 20.9 Å². The number of halogens is 5. The predicted molar refractivity (Wildman–Crippen MR) is 137 cm³/mol. The number of fused-ring (bicyclic) bond motifs is 1. The number of rotatable bonds is 5. The van der Waals surface area contributed by atoms with Gasteiger partial charge in [0, 0.05) is 28.8 Å². The van der Waals surface area contributed by atoms with Gasteiger partial charge in [0.1, 0.15) is 11.6 Å². The lowest BCUT2D eigenvalue weighted by molar-refractivity contribution is -0.137. The lowest BCUT2D eigenvalue weighted by atomic mass is 10.1. The average molecular weight is 539 g/mol. The van der Waals surface area contributed by atoms with Gasteiger partial charge in [0.25, 0.3) is 5.91 Å². The normalized spacial score (nSPS) is 13.7. The van der Waals surface area contributed by atoms with Gasteiger partial charge in [0.2, 0.25) is 0 Å². The second-order valence-corrected chi connectivity index (χ2v) is 8.49. The number of aromatic amines is 1. The summed E-state index contributed by atoms with van der Waals surface area (Å²) in [7, 11) is 0. The molecule has 0 aliphatic carbocycles. The van der Waals surface area contributed by atoms with Gasteiger partial charge in [0.15, 0.2) is 0 Å². The molecular formula is C27H18F5N5O2. The maximum atomic E-state index is 14.5. The van der Waals surface area contributed by atoms with Gasteiger partial charge < -0.3 is 26.3 Å². The first kappa shape index (κ1) is 25.5. The number of amides is 3. The van der Waals surface area contributed by atoms with E-state index in [1.165, 1.54) is 12.1 Å². The molecule has 1 aliphatic rings. The van der Waals surface area contributed by atoms with Crippen LogP contribution in [-0.2, 0) is 11.0 Å². The second kappa shape index (κ2) is 9.97. The zero-order valence-electron chi connectivity index (χ0n) is 19.7. The van der Waals surface area contributed by atoms with Crippen LogP contribution in [0.25, 0.3) is 11.6 Å². The number of benzene rings is 3. The van der Waals surface area contributed by atoms with Gasteiger partial charge in [-0.3, -0.25) is 4.79 Å². The summed E-state index contributed by atoms with van der Waals surface area (Å²) in [6.45, 7) is 0. The summed E-state index contributed by atoms with van der Waals surface area (Å²) in [5.41, 5.74) is 1.05. The van der Waals surface area contributed by atoms with E-state index in [0.717, 1.165) is 11.8 Å². The highest BCUT2D eigenvalue weighted by Crippen LogP contribution is 2.36. The fourth-order valence-electron chi connectivity index (χ4n) is 3.94. The van der Waals surface area contributed by atoms with E-state index in [1.54, 1.807) is 36.5 Å². The number of hydrogen-bond donors (Lipinski definition) is 5. The Labute approximate surface area is 217 Å². The van der Waals surface area contributed by atoms with Crippen LogP contribution in [0.4, 0.5) is 55.2 Å². The number of H-pyrrole nitrogens is 1. The summed E-state index contributed by atoms with van der Waals surface area (Å²) < 4.78 is 67.2. The summed E-state index contributed by atoms with van der Waals surface area (Å²) in [6, 6.07) is 12.7. The molecule has 0 atom stereocenters. The van der Waals surface area contributed by atoms with Crippen LogP contribution in [0.5, 0.6) is 0 Å². The molecule has 12 heteroatoms. The van der Waals surface area contributed by atoms with E-state index >= 15 is 0 Å². The summed E-state index contributed by atoms with van der Waals surface area (Å²) in [4.78, 5) is 27.8. The SMILES string of the molecule is O=C(Nc1ccc(F)c(Nc2ccc3c(c2)NC(=O)C3=Cc2ccc[nH]2)c1)Nc1cc(C(F)(F)F)ccc1F. The topological polar surface area (TPSA) is 98.1 Å². The maximum absolute atomic E-state index is 14.5. The number of aromatic nitrogens is 1. The number of urea groups is 1. The number of hydrogen-bond acceptors (Lipinski definition) is 3. The van der Waals surface area contributed by atoms with Crippen LogP contribution in [-0.4, -0.2) is 16.9 Å². The molecule has 0 saturated heterocycles. The molecule has 2 heterocycles.